The lowest BCUT2D eigenvalue weighted by atomic mass is 10.1. The van der Waals surface area contributed by atoms with Crippen LogP contribution in [0, 0.1) is 20.8 Å². The molecule has 0 saturated heterocycles. The van der Waals surface area contributed by atoms with Gasteiger partial charge in [-0.1, -0.05) is 48.0 Å². The van der Waals surface area contributed by atoms with Crippen LogP contribution in [0.15, 0.2) is 102 Å². The zero-order valence-electron chi connectivity index (χ0n) is 20.4. The molecule has 0 aliphatic heterocycles. The second kappa shape index (κ2) is 10.7. The average molecular weight is 501 g/mol. The van der Waals surface area contributed by atoms with Gasteiger partial charge in [-0.15, -0.1) is 0 Å². The maximum atomic E-state index is 13.6. The van der Waals surface area contributed by atoms with Gasteiger partial charge in [0.15, 0.2) is 0 Å². The Morgan fingerprint density at radius 3 is 2.06 bits per heavy atom. The number of aryl methyl sites for hydroxylation is 3. The largest absolute Gasteiger partial charge is 0.457 e. The maximum absolute atomic E-state index is 13.6. The number of ether oxygens (including phenoxy) is 1. The van der Waals surface area contributed by atoms with Crippen molar-refractivity contribution in [3.05, 3.63) is 114 Å². The van der Waals surface area contributed by atoms with Crippen molar-refractivity contribution < 1.29 is 17.9 Å². The average Bonchev–Trinajstić information content (AvgIpc) is 2.86. The van der Waals surface area contributed by atoms with Crippen LogP contribution in [0.5, 0.6) is 11.5 Å². The molecule has 0 aliphatic carbocycles. The van der Waals surface area contributed by atoms with Gasteiger partial charge in [0, 0.05) is 5.69 Å². The highest BCUT2D eigenvalue weighted by Gasteiger charge is 2.28. The van der Waals surface area contributed by atoms with Crippen molar-refractivity contribution in [3.8, 4) is 11.5 Å². The van der Waals surface area contributed by atoms with Crippen LogP contribution < -0.4 is 14.4 Å². The summed E-state index contributed by atoms with van der Waals surface area (Å²) >= 11 is 0. The first-order chi connectivity index (χ1) is 17.2. The fourth-order valence-corrected chi connectivity index (χ4v) is 5.16. The molecule has 0 aliphatic rings. The quantitative estimate of drug-likeness (QED) is 0.311. The summed E-state index contributed by atoms with van der Waals surface area (Å²) in [5.74, 6) is 0.876. The first kappa shape index (κ1) is 25.0. The number of benzene rings is 4. The Bertz CT molecular complexity index is 1450. The summed E-state index contributed by atoms with van der Waals surface area (Å²) in [6.45, 7) is 5.24. The van der Waals surface area contributed by atoms with Crippen molar-refractivity contribution in [1.82, 2.24) is 0 Å². The molecule has 0 fully saturated rings. The third-order valence-corrected chi connectivity index (χ3v) is 7.42. The first-order valence-corrected chi connectivity index (χ1v) is 13.0. The molecule has 0 heterocycles. The maximum Gasteiger partial charge on any atom is 0.264 e. The molecule has 0 atom stereocenters. The van der Waals surface area contributed by atoms with E-state index in [-0.39, 0.29) is 11.4 Å². The summed E-state index contributed by atoms with van der Waals surface area (Å²) < 4.78 is 34.2. The van der Waals surface area contributed by atoms with Crippen molar-refractivity contribution in [1.29, 1.82) is 0 Å². The molecule has 0 spiro atoms. The first-order valence-electron chi connectivity index (χ1n) is 11.5. The molecular formula is C29H28N2O4S. The Morgan fingerprint density at radius 1 is 0.778 bits per heavy atom. The number of sulfonamides is 1. The Kier molecular flexibility index (Phi) is 7.41. The predicted molar refractivity (Wildman–Crippen MR) is 143 cm³/mol. The molecule has 4 rings (SSSR count). The van der Waals surface area contributed by atoms with Crippen LogP contribution in [0.3, 0.4) is 0 Å². The van der Waals surface area contributed by atoms with Crippen LogP contribution in [0.2, 0.25) is 0 Å². The molecule has 36 heavy (non-hydrogen) atoms. The van der Waals surface area contributed by atoms with E-state index in [0.717, 1.165) is 16.7 Å². The number of carbonyl (C=O) groups is 1. The number of nitrogens with one attached hydrogen (secondary N) is 1. The van der Waals surface area contributed by atoms with Gasteiger partial charge in [0.05, 0.1) is 10.6 Å². The molecule has 4 aromatic rings. The van der Waals surface area contributed by atoms with E-state index in [1.807, 2.05) is 63.2 Å². The van der Waals surface area contributed by atoms with E-state index in [2.05, 4.69) is 5.32 Å². The summed E-state index contributed by atoms with van der Waals surface area (Å²) in [6, 6.07) is 28.5. The smallest absolute Gasteiger partial charge is 0.264 e. The number of rotatable bonds is 8. The number of carbonyl (C=O) groups excluding carboxylic acids is 1. The number of nitrogens with zero attached hydrogens (tertiary/aromatic N) is 1. The van der Waals surface area contributed by atoms with Gasteiger partial charge >= 0.3 is 0 Å². The molecule has 184 valence electrons. The lowest BCUT2D eigenvalue weighted by molar-refractivity contribution is -0.114. The predicted octanol–water partition coefficient (Wildman–Crippen LogP) is 6.24. The zero-order chi connectivity index (χ0) is 25.7. The van der Waals surface area contributed by atoms with Crippen LogP contribution in [0.1, 0.15) is 16.7 Å². The van der Waals surface area contributed by atoms with E-state index < -0.39 is 15.9 Å². The molecular weight excluding hydrogens is 472 g/mol. The van der Waals surface area contributed by atoms with Gasteiger partial charge < -0.3 is 10.1 Å². The number of para-hydroxylation sites is 1. The van der Waals surface area contributed by atoms with E-state index in [0.29, 0.717) is 22.9 Å². The minimum atomic E-state index is -3.99. The Morgan fingerprint density at radius 2 is 1.39 bits per heavy atom. The number of hydrogen-bond acceptors (Lipinski definition) is 4. The highest BCUT2D eigenvalue weighted by molar-refractivity contribution is 7.92. The Labute approximate surface area is 212 Å². The number of anilines is 2. The molecule has 0 saturated carbocycles. The van der Waals surface area contributed by atoms with E-state index in [4.69, 9.17) is 4.74 Å². The molecule has 0 aromatic heterocycles. The van der Waals surface area contributed by atoms with Crippen molar-refractivity contribution in [2.24, 2.45) is 0 Å². The molecule has 0 bridgehead atoms. The van der Waals surface area contributed by atoms with E-state index in [1.165, 1.54) is 4.31 Å². The van der Waals surface area contributed by atoms with Gasteiger partial charge in [-0.05, 0) is 86.5 Å². The minimum Gasteiger partial charge on any atom is -0.457 e. The van der Waals surface area contributed by atoms with Crippen LogP contribution in [-0.4, -0.2) is 20.9 Å². The van der Waals surface area contributed by atoms with Gasteiger partial charge in [-0.25, -0.2) is 8.42 Å². The fraction of sp³-hybridized carbons (Fsp3) is 0.138. The SMILES string of the molecule is Cc1ccc(S(=O)(=O)N(CC(=O)Nc2ccc(Oc3ccccc3)cc2)c2cc(C)ccc2C)cc1. The van der Waals surface area contributed by atoms with Crippen molar-refractivity contribution in [3.63, 3.8) is 0 Å². The number of hydrogen-bond donors (Lipinski definition) is 1. The van der Waals surface area contributed by atoms with E-state index in [9.17, 15) is 13.2 Å². The van der Waals surface area contributed by atoms with E-state index in [1.54, 1.807) is 54.6 Å². The molecule has 7 heteroatoms. The van der Waals surface area contributed by atoms with Crippen LogP contribution in [0.25, 0.3) is 0 Å². The van der Waals surface area contributed by atoms with Gasteiger partial charge in [0.2, 0.25) is 5.91 Å². The van der Waals surface area contributed by atoms with Crippen LogP contribution in [-0.2, 0) is 14.8 Å². The summed E-state index contributed by atoms with van der Waals surface area (Å²) in [6.07, 6.45) is 0. The van der Waals surface area contributed by atoms with E-state index >= 15 is 0 Å². The zero-order valence-corrected chi connectivity index (χ0v) is 21.2. The lowest BCUT2D eigenvalue weighted by Crippen LogP contribution is -2.38. The molecule has 4 aromatic carbocycles. The van der Waals surface area contributed by atoms with Gasteiger partial charge in [-0.3, -0.25) is 9.10 Å². The molecule has 1 N–H and O–H groups in total. The highest BCUT2D eigenvalue weighted by atomic mass is 32.2. The summed E-state index contributed by atoms with van der Waals surface area (Å²) in [4.78, 5) is 13.2. The molecule has 1 amide bonds. The van der Waals surface area contributed by atoms with Crippen molar-refractivity contribution in [2.45, 2.75) is 25.7 Å². The van der Waals surface area contributed by atoms with Gasteiger partial charge in [0.25, 0.3) is 10.0 Å². The Hall–Kier alpha value is -4.10. The monoisotopic (exact) mass is 500 g/mol. The summed E-state index contributed by atoms with van der Waals surface area (Å²) in [5, 5.41) is 2.80. The fourth-order valence-electron chi connectivity index (χ4n) is 3.69. The van der Waals surface area contributed by atoms with Crippen molar-refractivity contribution >= 4 is 27.3 Å². The number of amides is 1. The van der Waals surface area contributed by atoms with Crippen molar-refractivity contribution in [2.75, 3.05) is 16.2 Å². The minimum absolute atomic E-state index is 0.129. The summed E-state index contributed by atoms with van der Waals surface area (Å²) in [5.41, 5.74) is 3.61. The third-order valence-electron chi connectivity index (χ3n) is 5.65. The summed E-state index contributed by atoms with van der Waals surface area (Å²) in [7, 11) is -3.99. The van der Waals surface area contributed by atoms with Gasteiger partial charge in [0.1, 0.15) is 18.0 Å². The van der Waals surface area contributed by atoms with Crippen LogP contribution in [0.4, 0.5) is 11.4 Å². The lowest BCUT2D eigenvalue weighted by Gasteiger charge is -2.26. The highest BCUT2D eigenvalue weighted by Crippen LogP contribution is 2.28. The molecule has 6 nitrogen and oxygen atoms in total. The molecule has 0 unspecified atom stereocenters. The second-order valence-electron chi connectivity index (χ2n) is 8.60. The normalized spacial score (nSPS) is 11.1. The molecule has 0 radical (unpaired) electrons. The second-order valence-corrected chi connectivity index (χ2v) is 10.5. The Balaban J connectivity index is 1.56. The van der Waals surface area contributed by atoms with Crippen LogP contribution >= 0.6 is 0 Å². The standard InChI is InChI=1S/C29H28N2O4S/c1-21-10-17-27(18-11-21)36(33,34)31(28-19-22(2)9-12-23(28)3)20-29(32)30-24-13-15-26(16-14-24)35-25-7-5-4-6-8-25/h4-19H,20H2,1-3H3,(H,30,32). The topological polar surface area (TPSA) is 75.7 Å². The third kappa shape index (κ3) is 5.93. The van der Waals surface area contributed by atoms with Gasteiger partial charge in [-0.2, -0.15) is 0 Å².